The van der Waals surface area contributed by atoms with Gasteiger partial charge in [-0.05, 0) is 12.8 Å². The maximum atomic E-state index is 11.4. The van der Waals surface area contributed by atoms with Gasteiger partial charge in [-0.3, -0.25) is 4.79 Å². The number of ether oxygens (including phenoxy) is 1. The van der Waals surface area contributed by atoms with Crippen LogP contribution in [0.2, 0.25) is 0 Å². The van der Waals surface area contributed by atoms with E-state index in [9.17, 15) is 4.79 Å². The highest BCUT2D eigenvalue weighted by Gasteiger charge is 2.39. The van der Waals surface area contributed by atoms with Crippen molar-refractivity contribution in [3.63, 3.8) is 0 Å². The van der Waals surface area contributed by atoms with E-state index in [1.54, 1.807) is 0 Å². The number of halogens is 1. The Balaban J connectivity index is 2.10. The Morgan fingerprint density at radius 1 is 1.42 bits per heavy atom. The molecular formula is C8H12ClNO2. The Bertz CT molecular complexity index is 181. The predicted molar refractivity (Wildman–Crippen MR) is 45.2 cm³/mol. The SMILES string of the molecule is O=C(CCl)N1C2CCC1COC2. The summed E-state index contributed by atoms with van der Waals surface area (Å²) in [4.78, 5) is 13.3. The van der Waals surface area contributed by atoms with Crippen molar-refractivity contribution in [3.05, 3.63) is 0 Å². The third-order valence-electron chi connectivity index (χ3n) is 2.64. The standard InChI is InChI=1S/C8H12ClNO2/c9-3-8(11)10-6-1-2-7(10)5-12-4-6/h6-7H,1-5H2. The van der Waals surface area contributed by atoms with Crippen LogP contribution in [0.1, 0.15) is 12.8 Å². The molecule has 2 fully saturated rings. The predicted octanol–water partition coefficient (Wildman–Crippen LogP) is 0.615. The van der Waals surface area contributed by atoms with Gasteiger partial charge in [0.25, 0.3) is 0 Å². The summed E-state index contributed by atoms with van der Waals surface area (Å²) in [5.41, 5.74) is 0. The van der Waals surface area contributed by atoms with E-state index in [-0.39, 0.29) is 11.8 Å². The smallest absolute Gasteiger partial charge is 0.238 e. The van der Waals surface area contributed by atoms with E-state index in [1.165, 1.54) is 0 Å². The summed E-state index contributed by atoms with van der Waals surface area (Å²) in [5, 5.41) is 0. The second-order valence-electron chi connectivity index (χ2n) is 3.36. The molecule has 2 bridgehead atoms. The van der Waals surface area contributed by atoms with E-state index >= 15 is 0 Å². The summed E-state index contributed by atoms with van der Waals surface area (Å²) < 4.78 is 5.34. The fraction of sp³-hybridized carbons (Fsp3) is 0.875. The van der Waals surface area contributed by atoms with Crippen molar-refractivity contribution < 1.29 is 9.53 Å². The Labute approximate surface area is 76.6 Å². The van der Waals surface area contributed by atoms with Crippen molar-refractivity contribution in [1.29, 1.82) is 0 Å². The molecular weight excluding hydrogens is 178 g/mol. The summed E-state index contributed by atoms with van der Waals surface area (Å²) in [6.45, 7) is 1.39. The minimum Gasteiger partial charge on any atom is -0.377 e. The highest BCUT2D eigenvalue weighted by molar-refractivity contribution is 6.27. The second kappa shape index (κ2) is 3.23. The maximum absolute atomic E-state index is 11.4. The van der Waals surface area contributed by atoms with Crippen molar-refractivity contribution in [1.82, 2.24) is 4.90 Å². The van der Waals surface area contributed by atoms with Gasteiger partial charge < -0.3 is 9.64 Å². The molecule has 2 heterocycles. The van der Waals surface area contributed by atoms with Crippen LogP contribution < -0.4 is 0 Å². The molecule has 68 valence electrons. The number of amides is 1. The van der Waals surface area contributed by atoms with Gasteiger partial charge >= 0.3 is 0 Å². The van der Waals surface area contributed by atoms with Crippen LogP contribution in [0, 0.1) is 0 Å². The quantitative estimate of drug-likeness (QED) is 0.566. The number of hydrogen-bond donors (Lipinski definition) is 0. The fourth-order valence-corrected chi connectivity index (χ4v) is 2.24. The van der Waals surface area contributed by atoms with Crippen molar-refractivity contribution in [2.24, 2.45) is 0 Å². The molecule has 2 unspecified atom stereocenters. The Morgan fingerprint density at radius 2 is 2.00 bits per heavy atom. The Hall–Kier alpha value is -0.280. The molecule has 0 aromatic rings. The van der Waals surface area contributed by atoms with Crippen LogP contribution in [-0.4, -0.2) is 42.0 Å². The number of rotatable bonds is 1. The van der Waals surface area contributed by atoms with E-state index in [2.05, 4.69) is 0 Å². The summed E-state index contributed by atoms with van der Waals surface area (Å²) >= 11 is 5.51. The van der Waals surface area contributed by atoms with Gasteiger partial charge in [0.15, 0.2) is 0 Å². The Morgan fingerprint density at radius 3 is 2.50 bits per heavy atom. The van der Waals surface area contributed by atoms with Gasteiger partial charge in [-0.25, -0.2) is 0 Å². The molecule has 0 aromatic heterocycles. The third-order valence-corrected chi connectivity index (χ3v) is 2.87. The largest absolute Gasteiger partial charge is 0.377 e. The average Bonchev–Trinajstić information content (AvgIpc) is 2.35. The highest BCUT2D eigenvalue weighted by Crippen LogP contribution is 2.28. The lowest BCUT2D eigenvalue weighted by Crippen LogP contribution is -2.49. The molecule has 2 atom stereocenters. The molecule has 3 nitrogen and oxygen atoms in total. The van der Waals surface area contributed by atoms with Gasteiger partial charge in [-0.2, -0.15) is 0 Å². The summed E-state index contributed by atoms with van der Waals surface area (Å²) in [5.74, 6) is 0.167. The van der Waals surface area contributed by atoms with Crippen LogP contribution >= 0.6 is 11.6 Å². The highest BCUT2D eigenvalue weighted by atomic mass is 35.5. The first-order chi connectivity index (χ1) is 5.83. The molecule has 0 radical (unpaired) electrons. The monoisotopic (exact) mass is 189 g/mol. The van der Waals surface area contributed by atoms with E-state index in [0.29, 0.717) is 25.3 Å². The zero-order valence-electron chi connectivity index (χ0n) is 6.83. The molecule has 2 aliphatic heterocycles. The number of alkyl halides is 1. The zero-order chi connectivity index (χ0) is 8.55. The molecule has 2 rings (SSSR count). The Kier molecular flexibility index (Phi) is 2.24. The number of nitrogens with zero attached hydrogens (tertiary/aromatic N) is 1. The van der Waals surface area contributed by atoms with Crippen LogP contribution in [-0.2, 0) is 9.53 Å². The maximum Gasteiger partial charge on any atom is 0.238 e. The normalized spacial score (nSPS) is 33.9. The number of fused-ring (bicyclic) bond motifs is 2. The van der Waals surface area contributed by atoms with Crippen LogP contribution in [0.3, 0.4) is 0 Å². The van der Waals surface area contributed by atoms with Crippen LogP contribution in [0.5, 0.6) is 0 Å². The lowest BCUT2D eigenvalue weighted by atomic mass is 10.2. The molecule has 0 aliphatic carbocycles. The van der Waals surface area contributed by atoms with Gasteiger partial charge in [0, 0.05) is 0 Å². The van der Waals surface area contributed by atoms with Crippen molar-refractivity contribution in [2.45, 2.75) is 24.9 Å². The van der Waals surface area contributed by atoms with Crippen LogP contribution in [0.4, 0.5) is 0 Å². The minimum absolute atomic E-state index is 0.0625. The van der Waals surface area contributed by atoms with E-state index in [1.807, 2.05) is 4.90 Å². The van der Waals surface area contributed by atoms with Gasteiger partial charge in [0.05, 0.1) is 25.3 Å². The van der Waals surface area contributed by atoms with Crippen LogP contribution in [0.25, 0.3) is 0 Å². The topological polar surface area (TPSA) is 29.5 Å². The van der Waals surface area contributed by atoms with Gasteiger partial charge in [-0.15, -0.1) is 11.6 Å². The van der Waals surface area contributed by atoms with E-state index in [4.69, 9.17) is 16.3 Å². The van der Waals surface area contributed by atoms with E-state index in [0.717, 1.165) is 12.8 Å². The van der Waals surface area contributed by atoms with Gasteiger partial charge in [-0.1, -0.05) is 0 Å². The van der Waals surface area contributed by atoms with Gasteiger partial charge in [0.1, 0.15) is 5.88 Å². The third kappa shape index (κ3) is 1.21. The molecule has 4 heteroatoms. The first-order valence-corrected chi connectivity index (χ1v) is 4.81. The zero-order valence-corrected chi connectivity index (χ0v) is 7.59. The first kappa shape index (κ1) is 8.32. The first-order valence-electron chi connectivity index (χ1n) is 4.28. The van der Waals surface area contributed by atoms with Crippen molar-refractivity contribution in [2.75, 3.05) is 19.1 Å². The molecule has 2 aliphatic rings. The minimum atomic E-state index is 0.0625. The van der Waals surface area contributed by atoms with Crippen molar-refractivity contribution in [3.8, 4) is 0 Å². The fourth-order valence-electron chi connectivity index (χ4n) is 2.10. The second-order valence-corrected chi connectivity index (χ2v) is 3.62. The summed E-state index contributed by atoms with van der Waals surface area (Å²) in [6.07, 6.45) is 2.15. The number of morpholine rings is 1. The van der Waals surface area contributed by atoms with Crippen molar-refractivity contribution >= 4 is 17.5 Å². The lowest BCUT2D eigenvalue weighted by Gasteiger charge is -2.34. The molecule has 2 saturated heterocycles. The van der Waals surface area contributed by atoms with Gasteiger partial charge in [0.2, 0.25) is 5.91 Å². The molecule has 0 saturated carbocycles. The van der Waals surface area contributed by atoms with E-state index < -0.39 is 0 Å². The number of carbonyl (C=O) groups excluding carboxylic acids is 1. The molecule has 0 N–H and O–H groups in total. The molecule has 12 heavy (non-hydrogen) atoms. The summed E-state index contributed by atoms with van der Waals surface area (Å²) in [6, 6.07) is 0.602. The molecule has 0 aromatic carbocycles. The number of hydrogen-bond acceptors (Lipinski definition) is 2. The molecule has 1 amide bonds. The summed E-state index contributed by atoms with van der Waals surface area (Å²) in [7, 11) is 0. The average molecular weight is 190 g/mol. The lowest BCUT2D eigenvalue weighted by molar-refractivity contribution is -0.138. The van der Waals surface area contributed by atoms with Crippen LogP contribution in [0.15, 0.2) is 0 Å². The number of carbonyl (C=O) groups is 1. The molecule has 0 spiro atoms.